The fraction of sp³-hybridized carbons (Fsp3) is 0. The maximum atomic E-state index is 5.16. The first-order chi connectivity index (χ1) is 31.6. The normalized spacial score (nSPS) is 11.4. The zero-order valence-electron chi connectivity index (χ0n) is 34.5. The van der Waals surface area contributed by atoms with Crippen LogP contribution in [0.1, 0.15) is 0 Å². The van der Waals surface area contributed by atoms with E-state index >= 15 is 0 Å². The van der Waals surface area contributed by atoms with Gasteiger partial charge in [0.05, 0.1) is 50.5 Å². The van der Waals surface area contributed by atoms with Gasteiger partial charge < -0.3 is 0 Å². The molecule has 7 aromatic carbocycles. The van der Waals surface area contributed by atoms with Crippen LogP contribution in [-0.2, 0) is 0 Å². The number of rotatable bonds is 7. The summed E-state index contributed by atoms with van der Waals surface area (Å²) in [7, 11) is 0. The van der Waals surface area contributed by atoms with Crippen LogP contribution < -0.4 is 0 Å². The molecular weight excluding hydrogens is 781 g/mol. The number of benzene rings is 7. The van der Waals surface area contributed by atoms with E-state index in [-0.39, 0.29) is 0 Å². The summed E-state index contributed by atoms with van der Waals surface area (Å²) in [6, 6.07) is 75.2. The summed E-state index contributed by atoms with van der Waals surface area (Å²) in [4.78, 5) is 30.3. The number of hydrogen-bond acceptors (Lipinski definition) is 6. The molecule has 12 aromatic rings. The number of nitrogens with zero attached hydrogens (tertiary/aromatic N) is 6. The Morgan fingerprint density at radius 2 is 0.547 bits per heavy atom. The Bertz CT molecular complexity index is 3650. The van der Waals surface area contributed by atoms with Crippen LogP contribution in [0, 0.1) is 0 Å². The molecule has 0 saturated heterocycles. The zero-order valence-corrected chi connectivity index (χ0v) is 34.5. The highest BCUT2D eigenvalue weighted by atomic mass is 14.9. The van der Waals surface area contributed by atoms with Crippen molar-refractivity contribution in [1.29, 1.82) is 0 Å². The predicted octanol–water partition coefficient (Wildman–Crippen LogP) is 14.3. The third-order valence-electron chi connectivity index (χ3n) is 11.9. The van der Waals surface area contributed by atoms with Crippen LogP contribution in [0.4, 0.5) is 0 Å². The summed E-state index contributed by atoms with van der Waals surface area (Å²) in [6.45, 7) is 0. The van der Waals surface area contributed by atoms with Crippen LogP contribution in [0.2, 0.25) is 0 Å². The standard InChI is InChI=1S/C58H36N6/c1-4-10-37(11-5-1)49-28-22-42-20-21-43-23-29-50(62-57(43)56(42)61-49)41-18-16-40(17-19-41)48-32-26-46-34-44(24-30-51(46)59-48)45-25-31-52-47(35-45)27-33-53(60-52)58-63-54(38-12-6-2-7-13-38)36-55(64-58)39-14-8-3-9-15-39/h1-36H. The Hall–Kier alpha value is -8.74. The highest BCUT2D eigenvalue weighted by Gasteiger charge is 2.14. The topological polar surface area (TPSA) is 77.3 Å². The van der Waals surface area contributed by atoms with Crippen molar-refractivity contribution < 1.29 is 0 Å². The number of fused-ring (bicyclic) bond motifs is 5. The Balaban J connectivity index is 0.807. The minimum absolute atomic E-state index is 0.593. The Kier molecular flexibility index (Phi) is 9.05. The summed E-state index contributed by atoms with van der Waals surface area (Å²) in [5.74, 6) is 0.593. The lowest BCUT2D eigenvalue weighted by molar-refractivity contribution is 1.16. The molecule has 6 nitrogen and oxygen atoms in total. The van der Waals surface area contributed by atoms with E-state index in [2.05, 4.69) is 152 Å². The predicted molar refractivity (Wildman–Crippen MR) is 261 cm³/mol. The number of pyridine rings is 4. The highest BCUT2D eigenvalue weighted by Crippen LogP contribution is 2.33. The molecular formula is C58H36N6. The van der Waals surface area contributed by atoms with Gasteiger partial charge >= 0.3 is 0 Å². The SMILES string of the molecule is c1ccc(-c2cc(-c3ccccc3)nc(-c3ccc4cc(-c5ccc6nc(-c7ccc(-c8ccc9ccc%10ccc(-c%11ccccc%11)nc%10c9n8)cc7)ccc6c5)ccc4n3)n2)cc1. The monoisotopic (exact) mass is 816 g/mol. The fourth-order valence-corrected chi connectivity index (χ4v) is 8.48. The molecule has 0 bridgehead atoms. The van der Waals surface area contributed by atoms with Gasteiger partial charge in [0.2, 0.25) is 0 Å². The van der Waals surface area contributed by atoms with E-state index in [0.717, 1.165) is 117 Å². The number of hydrogen-bond donors (Lipinski definition) is 0. The van der Waals surface area contributed by atoms with E-state index in [9.17, 15) is 0 Å². The second kappa shape index (κ2) is 15.6. The summed E-state index contributed by atoms with van der Waals surface area (Å²) in [5.41, 5.74) is 16.3. The number of aromatic nitrogens is 6. The summed E-state index contributed by atoms with van der Waals surface area (Å²) < 4.78 is 0. The second-order valence-electron chi connectivity index (χ2n) is 15.9. The third-order valence-corrected chi connectivity index (χ3v) is 11.9. The van der Waals surface area contributed by atoms with Gasteiger partial charge in [-0.1, -0.05) is 164 Å². The second-order valence-corrected chi connectivity index (χ2v) is 15.9. The molecule has 0 saturated carbocycles. The average Bonchev–Trinajstić information content (AvgIpc) is 3.38. The Morgan fingerprint density at radius 3 is 1.02 bits per heavy atom. The van der Waals surface area contributed by atoms with Gasteiger partial charge in [-0.2, -0.15) is 0 Å². The molecule has 0 N–H and O–H groups in total. The molecule has 0 aliphatic carbocycles. The van der Waals surface area contributed by atoms with Gasteiger partial charge in [-0.05, 0) is 65.7 Å². The lowest BCUT2D eigenvalue weighted by atomic mass is 10.0. The lowest BCUT2D eigenvalue weighted by Gasteiger charge is -2.10. The van der Waals surface area contributed by atoms with E-state index in [1.165, 1.54) is 0 Å². The molecule has 0 radical (unpaired) electrons. The highest BCUT2D eigenvalue weighted by molar-refractivity contribution is 6.04. The van der Waals surface area contributed by atoms with Crippen LogP contribution >= 0.6 is 0 Å². The van der Waals surface area contributed by atoms with E-state index in [1.54, 1.807) is 0 Å². The van der Waals surface area contributed by atoms with Gasteiger partial charge in [0.25, 0.3) is 0 Å². The molecule has 6 heteroatoms. The molecule has 0 aliphatic heterocycles. The fourth-order valence-electron chi connectivity index (χ4n) is 8.48. The van der Waals surface area contributed by atoms with Crippen molar-refractivity contribution in [1.82, 2.24) is 29.9 Å². The molecule has 64 heavy (non-hydrogen) atoms. The molecule has 0 aliphatic rings. The summed E-state index contributed by atoms with van der Waals surface area (Å²) in [5, 5.41) is 4.26. The van der Waals surface area contributed by atoms with E-state index in [0.29, 0.717) is 5.82 Å². The van der Waals surface area contributed by atoms with Crippen molar-refractivity contribution >= 4 is 43.6 Å². The van der Waals surface area contributed by atoms with Gasteiger partial charge in [0.1, 0.15) is 5.69 Å². The molecule has 5 heterocycles. The van der Waals surface area contributed by atoms with Crippen molar-refractivity contribution in [2.75, 3.05) is 0 Å². The van der Waals surface area contributed by atoms with Crippen molar-refractivity contribution in [3.05, 3.63) is 218 Å². The molecule has 0 fully saturated rings. The first-order valence-electron chi connectivity index (χ1n) is 21.3. The van der Waals surface area contributed by atoms with E-state index in [1.807, 2.05) is 66.7 Å². The van der Waals surface area contributed by atoms with Crippen molar-refractivity contribution in [3.8, 4) is 78.9 Å². The Morgan fingerprint density at radius 1 is 0.203 bits per heavy atom. The van der Waals surface area contributed by atoms with Gasteiger partial charge in [0, 0.05) is 49.4 Å². The molecule has 0 spiro atoms. The van der Waals surface area contributed by atoms with Gasteiger partial charge in [-0.25, -0.2) is 29.9 Å². The maximum Gasteiger partial charge on any atom is 0.179 e. The molecule has 0 unspecified atom stereocenters. The first kappa shape index (κ1) is 37.1. The first-order valence-corrected chi connectivity index (χ1v) is 21.3. The minimum atomic E-state index is 0.593. The van der Waals surface area contributed by atoms with Gasteiger partial charge in [0.15, 0.2) is 5.82 Å². The third kappa shape index (κ3) is 6.99. The summed E-state index contributed by atoms with van der Waals surface area (Å²) in [6.07, 6.45) is 0. The summed E-state index contributed by atoms with van der Waals surface area (Å²) >= 11 is 0. The smallest absolute Gasteiger partial charge is 0.179 e. The Labute approximate surface area is 369 Å². The van der Waals surface area contributed by atoms with E-state index < -0.39 is 0 Å². The van der Waals surface area contributed by atoms with Crippen LogP contribution in [0.5, 0.6) is 0 Å². The minimum Gasteiger partial charge on any atom is -0.248 e. The van der Waals surface area contributed by atoms with Crippen molar-refractivity contribution in [2.24, 2.45) is 0 Å². The molecule has 12 rings (SSSR count). The zero-order chi connectivity index (χ0) is 42.4. The lowest BCUT2D eigenvalue weighted by Crippen LogP contribution is -1.97. The van der Waals surface area contributed by atoms with Crippen LogP contribution in [0.25, 0.3) is 123 Å². The molecule has 5 aromatic heterocycles. The van der Waals surface area contributed by atoms with Crippen molar-refractivity contribution in [2.45, 2.75) is 0 Å². The van der Waals surface area contributed by atoms with Gasteiger partial charge in [-0.3, -0.25) is 0 Å². The average molecular weight is 817 g/mol. The van der Waals surface area contributed by atoms with Crippen LogP contribution in [0.3, 0.4) is 0 Å². The molecule has 0 atom stereocenters. The molecule has 298 valence electrons. The van der Waals surface area contributed by atoms with Crippen LogP contribution in [-0.4, -0.2) is 29.9 Å². The van der Waals surface area contributed by atoms with E-state index in [4.69, 9.17) is 29.9 Å². The largest absolute Gasteiger partial charge is 0.248 e. The van der Waals surface area contributed by atoms with Crippen LogP contribution in [0.15, 0.2) is 218 Å². The maximum absolute atomic E-state index is 5.16. The molecule has 0 amide bonds. The quantitative estimate of drug-likeness (QED) is 0.149. The van der Waals surface area contributed by atoms with Gasteiger partial charge in [-0.15, -0.1) is 0 Å². The van der Waals surface area contributed by atoms with Crippen molar-refractivity contribution in [3.63, 3.8) is 0 Å².